The SMILES string of the molecule is CCCCCCCCCCCCCCOc1ccc(CN(C(C)=O)c2ccc(Cc3ncc4ccccn34)cc2)cc1Cl. The molecular weight excluding hydrogens is 554 g/mol. The molecule has 230 valence electrons. The van der Waals surface area contributed by atoms with Gasteiger partial charge in [0.05, 0.1) is 29.9 Å². The maximum atomic E-state index is 12.6. The van der Waals surface area contributed by atoms with Crippen LogP contribution < -0.4 is 9.64 Å². The van der Waals surface area contributed by atoms with Gasteiger partial charge in [0.2, 0.25) is 5.91 Å². The van der Waals surface area contributed by atoms with E-state index in [0.717, 1.165) is 41.0 Å². The van der Waals surface area contributed by atoms with Gasteiger partial charge in [-0.15, -0.1) is 0 Å². The lowest BCUT2D eigenvalue weighted by molar-refractivity contribution is -0.116. The Morgan fingerprint density at radius 1 is 0.837 bits per heavy atom. The number of pyridine rings is 1. The first-order valence-corrected chi connectivity index (χ1v) is 16.6. The molecule has 4 rings (SSSR count). The van der Waals surface area contributed by atoms with Crippen molar-refractivity contribution in [3.63, 3.8) is 0 Å². The highest BCUT2D eigenvalue weighted by molar-refractivity contribution is 6.32. The summed E-state index contributed by atoms with van der Waals surface area (Å²) < 4.78 is 8.09. The number of imidazole rings is 1. The normalized spacial score (nSPS) is 11.2. The zero-order valence-electron chi connectivity index (χ0n) is 26.1. The molecule has 1 amide bonds. The Balaban J connectivity index is 1.19. The van der Waals surface area contributed by atoms with Crippen molar-refractivity contribution >= 4 is 28.7 Å². The topological polar surface area (TPSA) is 46.8 Å². The second-order valence-electron chi connectivity index (χ2n) is 11.6. The lowest BCUT2D eigenvalue weighted by atomic mass is 10.1. The number of aromatic nitrogens is 2. The fourth-order valence-electron chi connectivity index (χ4n) is 5.56. The number of amides is 1. The summed E-state index contributed by atoms with van der Waals surface area (Å²) in [7, 11) is 0. The molecule has 4 aromatic rings. The Labute approximate surface area is 263 Å². The van der Waals surface area contributed by atoms with Gasteiger partial charge in [0.1, 0.15) is 11.6 Å². The zero-order chi connectivity index (χ0) is 30.3. The van der Waals surface area contributed by atoms with Crippen LogP contribution in [0.1, 0.15) is 108 Å². The molecule has 5 nitrogen and oxygen atoms in total. The van der Waals surface area contributed by atoms with Crippen LogP contribution in [0.25, 0.3) is 5.52 Å². The largest absolute Gasteiger partial charge is 0.492 e. The molecule has 0 aliphatic carbocycles. The molecule has 2 aromatic carbocycles. The third kappa shape index (κ3) is 10.4. The van der Waals surface area contributed by atoms with Gasteiger partial charge in [0.25, 0.3) is 0 Å². The molecule has 43 heavy (non-hydrogen) atoms. The third-order valence-corrected chi connectivity index (χ3v) is 8.39. The Morgan fingerprint density at radius 3 is 2.14 bits per heavy atom. The Kier molecular flexibility index (Phi) is 13.4. The van der Waals surface area contributed by atoms with Crippen molar-refractivity contribution in [2.45, 2.75) is 104 Å². The molecule has 2 aromatic heterocycles. The van der Waals surface area contributed by atoms with Crippen LogP contribution in [0.3, 0.4) is 0 Å². The van der Waals surface area contributed by atoms with Crippen molar-refractivity contribution in [3.8, 4) is 5.75 Å². The van der Waals surface area contributed by atoms with Crippen molar-refractivity contribution in [3.05, 3.63) is 95.0 Å². The first-order valence-electron chi connectivity index (χ1n) is 16.2. The van der Waals surface area contributed by atoms with Crippen molar-refractivity contribution < 1.29 is 9.53 Å². The van der Waals surface area contributed by atoms with Crippen LogP contribution in [0.2, 0.25) is 5.02 Å². The number of hydrogen-bond donors (Lipinski definition) is 0. The molecule has 0 aliphatic heterocycles. The summed E-state index contributed by atoms with van der Waals surface area (Å²) in [5.74, 6) is 1.68. The van der Waals surface area contributed by atoms with E-state index in [-0.39, 0.29) is 5.91 Å². The summed E-state index contributed by atoms with van der Waals surface area (Å²) in [6.45, 7) is 4.99. The number of ether oxygens (including phenoxy) is 1. The van der Waals surface area contributed by atoms with Gasteiger partial charge in [0.15, 0.2) is 0 Å². The first-order chi connectivity index (χ1) is 21.0. The van der Waals surface area contributed by atoms with Crippen LogP contribution in [0.5, 0.6) is 5.75 Å². The maximum Gasteiger partial charge on any atom is 0.224 e. The molecular formula is C37H48ClN3O2. The van der Waals surface area contributed by atoms with Crippen LogP contribution in [0.4, 0.5) is 5.69 Å². The molecule has 2 heterocycles. The fourth-order valence-corrected chi connectivity index (χ4v) is 5.82. The quantitative estimate of drug-likeness (QED) is 0.100. The van der Waals surface area contributed by atoms with Gasteiger partial charge in [-0.3, -0.25) is 4.79 Å². The number of fused-ring (bicyclic) bond motifs is 1. The molecule has 6 heteroatoms. The molecule has 0 saturated heterocycles. The van der Waals surface area contributed by atoms with Gasteiger partial charge in [-0.2, -0.15) is 0 Å². The Morgan fingerprint density at radius 2 is 1.49 bits per heavy atom. The monoisotopic (exact) mass is 601 g/mol. The lowest BCUT2D eigenvalue weighted by Crippen LogP contribution is -2.27. The minimum atomic E-state index is -0.0181. The number of nitrogens with zero attached hydrogens (tertiary/aromatic N) is 3. The molecule has 0 radical (unpaired) electrons. The van der Waals surface area contributed by atoms with E-state index in [9.17, 15) is 4.79 Å². The van der Waals surface area contributed by atoms with E-state index in [4.69, 9.17) is 16.3 Å². The fraction of sp³-hybridized carbons (Fsp3) is 0.459. The van der Waals surface area contributed by atoms with Crippen LogP contribution in [0.15, 0.2) is 73.1 Å². The van der Waals surface area contributed by atoms with Crippen molar-refractivity contribution in [2.24, 2.45) is 0 Å². The predicted molar refractivity (Wildman–Crippen MR) is 179 cm³/mol. The molecule has 0 saturated carbocycles. The van der Waals surface area contributed by atoms with E-state index < -0.39 is 0 Å². The Hall–Kier alpha value is -3.31. The molecule has 0 N–H and O–H groups in total. The summed E-state index contributed by atoms with van der Waals surface area (Å²) in [6, 6.07) is 20.0. The second kappa shape index (κ2) is 17.7. The highest BCUT2D eigenvalue weighted by Crippen LogP contribution is 2.28. The lowest BCUT2D eigenvalue weighted by Gasteiger charge is -2.22. The van der Waals surface area contributed by atoms with Crippen LogP contribution in [-0.4, -0.2) is 21.9 Å². The van der Waals surface area contributed by atoms with Gasteiger partial charge in [0, 0.05) is 25.2 Å². The van der Waals surface area contributed by atoms with E-state index in [1.54, 1.807) is 11.8 Å². The molecule has 0 fully saturated rings. The van der Waals surface area contributed by atoms with Gasteiger partial charge in [-0.25, -0.2) is 4.98 Å². The third-order valence-electron chi connectivity index (χ3n) is 8.10. The zero-order valence-corrected chi connectivity index (χ0v) is 26.8. The number of unbranched alkanes of at least 4 members (excludes halogenated alkanes) is 11. The van der Waals surface area contributed by atoms with Crippen LogP contribution in [-0.2, 0) is 17.8 Å². The van der Waals surface area contributed by atoms with Crippen molar-refractivity contribution in [1.82, 2.24) is 9.38 Å². The van der Waals surface area contributed by atoms with Gasteiger partial charge in [-0.05, 0) is 53.9 Å². The maximum absolute atomic E-state index is 12.6. The summed E-state index contributed by atoms with van der Waals surface area (Å²) >= 11 is 6.58. The minimum Gasteiger partial charge on any atom is -0.492 e. The van der Waals surface area contributed by atoms with Gasteiger partial charge < -0.3 is 14.0 Å². The highest BCUT2D eigenvalue weighted by Gasteiger charge is 2.14. The molecule has 0 aliphatic rings. The van der Waals surface area contributed by atoms with Gasteiger partial charge >= 0.3 is 0 Å². The molecule has 0 spiro atoms. The van der Waals surface area contributed by atoms with Crippen LogP contribution in [0, 0.1) is 0 Å². The van der Waals surface area contributed by atoms with Crippen LogP contribution >= 0.6 is 11.6 Å². The first kappa shape index (κ1) is 32.6. The smallest absolute Gasteiger partial charge is 0.224 e. The standard InChI is InChI=1S/C37H48ClN3O2/c1-3-4-5-6-7-8-9-10-11-12-13-16-25-43-36-23-20-32(26-35(36)38)29-41(30(2)42)33-21-18-31(19-22-33)27-37-39-28-34-17-14-15-24-40(34)37/h14-15,17-24,26,28H,3-13,16,25,27,29H2,1-2H3. The average Bonchev–Trinajstić information content (AvgIpc) is 3.42. The summed E-state index contributed by atoms with van der Waals surface area (Å²) in [5, 5.41) is 0.585. The van der Waals surface area contributed by atoms with E-state index in [2.05, 4.69) is 34.5 Å². The number of rotatable bonds is 19. The molecule has 0 bridgehead atoms. The van der Waals surface area contributed by atoms with E-state index in [1.165, 1.54) is 70.6 Å². The number of carbonyl (C=O) groups excluding carboxylic acids is 1. The molecule has 0 unspecified atom stereocenters. The number of benzene rings is 2. The Bertz CT molecular complexity index is 1400. The second-order valence-corrected chi connectivity index (χ2v) is 12.0. The summed E-state index contributed by atoms with van der Waals surface area (Å²) in [6.07, 6.45) is 20.5. The van der Waals surface area contributed by atoms with E-state index >= 15 is 0 Å². The summed E-state index contributed by atoms with van der Waals surface area (Å²) in [5.41, 5.74) is 4.04. The predicted octanol–water partition coefficient (Wildman–Crippen LogP) is 10.2. The van der Waals surface area contributed by atoms with E-state index in [0.29, 0.717) is 23.9 Å². The number of carbonyl (C=O) groups is 1. The minimum absolute atomic E-state index is 0.0181. The van der Waals surface area contributed by atoms with E-state index in [1.807, 2.05) is 54.9 Å². The van der Waals surface area contributed by atoms with Crippen molar-refractivity contribution in [1.29, 1.82) is 0 Å². The van der Waals surface area contributed by atoms with Crippen molar-refractivity contribution in [2.75, 3.05) is 11.5 Å². The number of hydrogen-bond acceptors (Lipinski definition) is 3. The number of anilines is 1. The average molecular weight is 602 g/mol. The number of halogens is 1. The summed E-state index contributed by atoms with van der Waals surface area (Å²) in [4.78, 5) is 18.9. The highest BCUT2D eigenvalue weighted by atomic mass is 35.5. The molecule has 0 atom stereocenters. The van der Waals surface area contributed by atoms with Gasteiger partial charge in [-0.1, -0.05) is 113 Å².